The number of hydrogen-bond acceptors (Lipinski definition) is 5. The predicted molar refractivity (Wildman–Crippen MR) is 114 cm³/mol. The number of rotatable bonds is 4. The Morgan fingerprint density at radius 2 is 1.83 bits per heavy atom. The van der Waals surface area contributed by atoms with Crippen LogP contribution in [0.15, 0.2) is 45.6 Å². The zero-order valence-corrected chi connectivity index (χ0v) is 17.2. The van der Waals surface area contributed by atoms with Crippen molar-refractivity contribution in [2.24, 2.45) is 0 Å². The van der Waals surface area contributed by atoms with Crippen LogP contribution in [0.5, 0.6) is 5.75 Å². The summed E-state index contributed by atoms with van der Waals surface area (Å²) >= 11 is 0. The van der Waals surface area contributed by atoms with Crippen LogP contribution >= 0.6 is 0 Å². The number of anilines is 1. The Bertz CT molecular complexity index is 1140. The van der Waals surface area contributed by atoms with Gasteiger partial charge in [-0.25, -0.2) is 4.79 Å². The number of fused-ring (bicyclic) bond motifs is 3. The van der Waals surface area contributed by atoms with E-state index in [-0.39, 0.29) is 17.5 Å². The van der Waals surface area contributed by atoms with Crippen LogP contribution in [0.4, 0.5) is 5.69 Å². The minimum Gasteiger partial charge on any atom is -0.484 e. The first-order valence-corrected chi connectivity index (χ1v) is 9.96. The van der Waals surface area contributed by atoms with Crippen LogP contribution < -0.4 is 15.3 Å². The molecule has 5 nitrogen and oxygen atoms in total. The van der Waals surface area contributed by atoms with E-state index in [1.165, 1.54) is 6.07 Å². The molecule has 0 N–H and O–H groups in total. The smallest absolute Gasteiger partial charge is 0.336 e. The summed E-state index contributed by atoms with van der Waals surface area (Å²) in [5.41, 5.74) is 4.39. The van der Waals surface area contributed by atoms with Gasteiger partial charge >= 0.3 is 5.63 Å². The van der Waals surface area contributed by atoms with Gasteiger partial charge < -0.3 is 14.1 Å². The standard InChI is InChI=1S/C24H25NO4/c1-5-6-16-12-21(27)28-20-11-14(2)22-18(26)13-19(29-24(22)23(16)20)15-7-9-17(10-8-15)25(3)4/h7-12,19H,5-6,13H2,1-4H3/t19-/m1/s1. The molecule has 2 heterocycles. The molecule has 0 saturated heterocycles. The van der Waals surface area contributed by atoms with E-state index in [2.05, 4.69) is 6.92 Å². The summed E-state index contributed by atoms with van der Waals surface area (Å²) in [6.45, 7) is 3.92. The first kappa shape index (κ1) is 19.2. The molecule has 0 fully saturated rings. The lowest BCUT2D eigenvalue weighted by atomic mass is 9.90. The van der Waals surface area contributed by atoms with E-state index in [4.69, 9.17) is 9.15 Å². The second-order valence-electron chi connectivity index (χ2n) is 7.83. The van der Waals surface area contributed by atoms with Crippen molar-refractivity contribution in [1.29, 1.82) is 0 Å². The summed E-state index contributed by atoms with van der Waals surface area (Å²) < 4.78 is 11.9. The molecule has 0 bridgehead atoms. The third-order valence-electron chi connectivity index (χ3n) is 5.48. The van der Waals surface area contributed by atoms with E-state index in [1.54, 1.807) is 6.07 Å². The van der Waals surface area contributed by atoms with Gasteiger partial charge in [-0.1, -0.05) is 25.5 Å². The highest BCUT2D eigenvalue weighted by Crippen LogP contribution is 2.43. The van der Waals surface area contributed by atoms with Gasteiger partial charge in [0, 0.05) is 25.8 Å². The number of ketones is 1. The molecule has 3 aromatic rings. The fourth-order valence-corrected chi connectivity index (χ4v) is 4.05. The van der Waals surface area contributed by atoms with Crippen molar-refractivity contribution in [3.63, 3.8) is 0 Å². The Morgan fingerprint density at radius 1 is 1.10 bits per heavy atom. The first-order chi connectivity index (χ1) is 13.9. The maximum absolute atomic E-state index is 13.1. The molecule has 4 rings (SSSR count). The molecule has 150 valence electrons. The second kappa shape index (κ2) is 7.39. The van der Waals surface area contributed by atoms with Gasteiger partial charge in [0.15, 0.2) is 5.78 Å². The average Bonchev–Trinajstić information content (AvgIpc) is 2.67. The minimum absolute atomic E-state index is 0.0565. The van der Waals surface area contributed by atoms with Crippen LogP contribution in [0.2, 0.25) is 0 Å². The number of aryl methyl sites for hydroxylation is 2. The van der Waals surface area contributed by atoms with E-state index in [0.717, 1.165) is 40.6 Å². The van der Waals surface area contributed by atoms with Gasteiger partial charge in [-0.15, -0.1) is 0 Å². The monoisotopic (exact) mass is 391 g/mol. The van der Waals surface area contributed by atoms with Crippen molar-refractivity contribution in [3.8, 4) is 5.75 Å². The largest absolute Gasteiger partial charge is 0.484 e. The highest BCUT2D eigenvalue weighted by Gasteiger charge is 2.32. The molecule has 1 aromatic heterocycles. The van der Waals surface area contributed by atoms with Gasteiger partial charge in [-0.05, 0) is 48.2 Å². The fraction of sp³-hybridized carbons (Fsp3) is 0.333. The Kier molecular flexibility index (Phi) is 4.91. The maximum atomic E-state index is 13.1. The van der Waals surface area contributed by atoms with E-state index < -0.39 is 0 Å². The van der Waals surface area contributed by atoms with Crippen LogP contribution in [0.25, 0.3) is 11.0 Å². The van der Waals surface area contributed by atoms with Crippen molar-refractivity contribution in [3.05, 3.63) is 69.1 Å². The topological polar surface area (TPSA) is 59.8 Å². The molecule has 0 saturated carbocycles. The molecular weight excluding hydrogens is 366 g/mol. The van der Waals surface area contributed by atoms with Gasteiger partial charge in [0.05, 0.1) is 17.4 Å². The number of carbonyl (C=O) groups excluding carboxylic acids is 1. The number of nitrogens with zero attached hydrogens (tertiary/aromatic N) is 1. The minimum atomic E-state index is -0.377. The number of carbonyl (C=O) groups is 1. The molecule has 0 amide bonds. The third-order valence-corrected chi connectivity index (χ3v) is 5.48. The summed E-state index contributed by atoms with van der Waals surface area (Å²) in [4.78, 5) is 27.1. The summed E-state index contributed by atoms with van der Waals surface area (Å²) in [5.74, 6) is 0.603. The molecule has 1 atom stereocenters. The van der Waals surface area contributed by atoms with Crippen LogP contribution in [0.3, 0.4) is 0 Å². The van der Waals surface area contributed by atoms with Gasteiger partial charge in [0.2, 0.25) is 0 Å². The first-order valence-electron chi connectivity index (χ1n) is 9.96. The van der Waals surface area contributed by atoms with E-state index >= 15 is 0 Å². The lowest BCUT2D eigenvalue weighted by Crippen LogP contribution is -2.22. The Hall–Kier alpha value is -3.08. The molecule has 29 heavy (non-hydrogen) atoms. The molecule has 5 heteroatoms. The zero-order chi connectivity index (χ0) is 20.7. The van der Waals surface area contributed by atoms with Crippen LogP contribution in [0.1, 0.15) is 52.9 Å². The molecule has 2 aromatic carbocycles. The summed E-state index contributed by atoms with van der Waals surface area (Å²) in [6.07, 6.45) is 1.53. The number of ether oxygens (including phenoxy) is 1. The van der Waals surface area contributed by atoms with Gasteiger partial charge in [-0.2, -0.15) is 0 Å². The Balaban J connectivity index is 1.87. The molecule has 1 aliphatic rings. The van der Waals surface area contributed by atoms with E-state index in [0.29, 0.717) is 23.3 Å². The van der Waals surface area contributed by atoms with Crippen molar-refractivity contribution in [2.45, 2.75) is 39.2 Å². The van der Waals surface area contributed by atoms with Gasteiger partial charge in [0.1, 0.15) is 17.4 Å². The van der Waals surface area contributed by atoms with Gasteiger partial charge in [-0.3, -0.25) is 4.79 Å². The third kappa shape index (κ3) is 3.41. The summed E-state index contributed by atoms with van der Waals surface area (Å²) in [7, 11) is 3.98. The van der Waals surface area contributed by atoms with Crippen LogP contribution in [0, 0.1) is 6.92 Å². The van der Waals surface area contributed by atoms with Crippen LogP contribution in [-0.2, 0) is 6.42 Å². The van der Waals surface area contributed by atoms with Crippen molar-refractivity contribution in [2.75, 3.05) is 19.0 Å². The zero-order valence-electron chi connectivity index (χ0n) is 17.2. The highest BCUT2D eigenvalue weighted by molar-refractivity contribution is 6.07. The van der Waals surface area contributed by atoms with E-state index in [9.17, 15) is 9.59 Å². The van der Waals surface area contributed by atoms with E-state index in [1.807, 2.05) is 50.2 Å². The molecule has 0 spiro atoms. The maximum Gasteiger partial charge on any atom is 0.336 e. The van der Waals surface area contributed by atoms with Crippen molar-refractivity contribution in [1.82, 2.24) is 0 Å². The SMILES string of the molecule is CCCc1cc(=O)oc2cc(C)c3c(c12)O[C@@H](c1ccc(N(C)C)cc1)CC3=O. The molecule has 0 aliphatic carbocycles. The van der Waals surface area contributed by atoms with Crippen molar-refractivity contribution < 1.29 is 13.9 Å². The summed E-state index contributed by atoms with van der Waals surface area (Å²) in [5, 5.41) is 0.745. The van der Waals surface area contributed by atoms with Crippen molar-refractivity contribution >= 4 is 22.4 Å². The lowest BCUT2D eigenvalue weighted by Gasteiger charge is -2.28. The highest BCUT2D eigenvalue weighted by atomic mass is 16.5. The molecule has 1 aliphatic heterocycles. The Morgan fingerprint density at radius 3 is 2.48 bits per heavy atom. The van der Waals surface area contributed by atoms with Crippen LogP contribution in [-0.4, -0.2) is 19.9 Å². The fourth-order valence-electron chi connectivity index (χ4n) is 4.05. The average molecular weight is 391 g/mol. The number of benzene rings is 2. The molecule has 0 radical (unpaired) electrons. The predicted octanol–water partition coefficient (Wildman–Crippen LogP) is 4.83. The molecular formula is C24H25NO4. The van der Waals surface area contributed by atoms with Gasteiger partial charge in [0.25, 0.3) is 0 Å². The Labute approximate surface area is 169 Å². The number of Topliss-reactive ketones (excluding diaryl/α,β-unsaturated/α-hetero) is 1. The number of hydrogen-bond donors (Lipinski definition) is 0. The summed E-state index contributed by atoms with van der Waals surface area (Å²) in [6, 6.07) is 11.4. The lowest BCUT2D eigenvalue weighted by molar-refractivity contribution is 0.0852. The normalized spacial score (nSPS) is 15.9. The second-order valence-corrected chi connectivity index (χ2v) is 7.83. The molecule has 0 unspecified atom stereocenters. The quantitative estimate of drug-likeness (QED) is 0.597.